The van der Waals surface area contributed by atoms with Crippen molar-refractivity contribution in [2.75, 3.05) is 12.4 Å². The molecule has 126 valence electrons. The molecule has 2 aromatic carbocycles. The SMILES string of the molecule is COC(=O)C(NC(=O)Nc1ccc(F)c(F)c1F)c1ccccc1. The number of carbonyl (C=O) groups is 2. The number of esters is 1. The third kappa shape index (κ3) is 3.83. The Morgan fingerprint density at radius 2 is 1.67 bits per heavy atom. The molecule has 1 unspecified atom stereocenters. The lowest BCUT2D eigenvalue weighted by molar-refractivity contribution is -0.143. The summed E-state index contributed by atoms with van der Waals surface area (Å²) in [5, 5.41) is 4.30. The third-order valence-corrected chi connectivity index (χ3v) is 3.13. The molecular formula is C16H13F3N2O3. The first kappa shape index (κ1) is 17.3. The number of hydrogen-bond donors (Lipinski definition) is 2. The minimum atomic E-state index is -1.71. The fourth-order valence-corrected chi connectivity index (χ4v) is 1.95. The second kappa shape index (κ2) is 7.49. The molecule has 0 saturated carbocycles. The van der Waals surface area contributed by atoms with E-state index in [1.807, 2.05) is 5.32 Å². The van der Waals surface area contributed by atoms with Crippen molar-refractivity contribution in [2.45, 2.75) is 6.04 Å². The van der Waals surface area contributed by atoms with Crippen LogP contribution in [0.2, 0.25) is 0 Å². The molecular weight excluding hydrogens is 325 g/mol. The molecule has 0 saturated heterocycles. The van der Waals surface area contributed by atoms with Gasteiger partial charge in [0.1, 0.15) is 0 Å². The maximum Gasteiger partial charge on any atom is 0.333 e. The number of ether oxygens (including phenoxy) is 1. The van der Waals surface area contributed by atoms with Crippen LogP contribution in [0.5, 0.6) is 0 Å². The van der Waals surface area contributed by atoms with Gasteiger partial charge >= 0.3 is 12.0 Å². The van der Waals surface area contributed by atoms with Crippen LogP contribution < -0.4 is 10.6 Å². The van der Waals surface area contributed by atoms with Crippen molar-refractivity contribution in [3.63, 3.8) is 0 Å². The van der Waals surface area contributed by atoms with Crippen LogP contribution in [0.3, 0.4) is 0 Å². The van der Waals surface area contributed by atoms with Gasteiger partial charge in [-0.1, -0.05) is 30.3 Å². The van der Waals surface area contributed by atoms with Gasteiger partial charge in [-0.05, 0) is 17.7 Å². The molecule has 0 spiro atoms. The van der Waals surface area contributed by atoms with E-state index in [-0.39, 0.29) is 0 Å². The van der Waals surface area contributed by atoms with Gasteiger partial charge in [0.05, 0.1) is 12.8 Å². The van der Waals surface area contributed by atoms with Crippen molar-refractivity contribution in [1.82, 2.24) is 5.32 Å². The average molecular weight is 338 g/mol. The van der Waals surface area contributed by atoms with Gasteiger partial charge in [-0.25, -0.2) is 22.8 Å². The summed E-state index contributed by atoms with van der Waals surface area (Å²) in [7, 11) is 1.15. The number of anilines is 1. The van der Waals surface area contributed by atoms with Crippen LogP contribution in [-0.2, 0) is 9.53 Å². The molecule has 2 aromatic rings. The van der Waals surface area contributed by atoms with Gasteiger partial charge in [-0.3, -0.25) is 0 Å². The Balaban J connectivity index is 2.17. The van der Waals surface area contributed by atoms with Gasteiger partial charge in [0.15, 0.2) is 23.5 Å². The minimum absolute atomic E-state index is 0.435. The molecule has 5 nitrogen and oxygen atoms in total. The smallest absolute Gasteiger partial charge is 0.333 e. The summed E-state index contributed by atoms with van der Waals surface area (Å²) in [5.74, 6) is -5.38. The zero-order valence-electron chi connectivity index (χ0n) is 12.5. The van der Waals surface area contributed by atoms with Crippen LogP contribution >= 0.6 is 0 Å². The topological polar surface area (TPSA) is 67.4 Å². The van der Waals surface area contributed by atoms with E-state index in [4.69, 9.17) is 0 Å². The molecule has 0 fully saturated rings. The third-order valence-electron chi connectivity index (χ3n) is 3.13. The van der Waals surface area contributed by atoms with E-state index in [1.165, 1.54) is 0 Å². The maximum absolute atomic E-state index is 13.6. The second-order valence-electron chi connectivity index (χ2n) is 4.69. The van der Waals surface area contributed by atoms with E-state index in [1.54, 1.807) is 30.3 Å². The molecule has 0 aliphatic carbocycles. The lowest BCUT2D eigenvalue weighted by Gasteiger charge is -2.17. The van der Waals surface area contributed by atoms with Crippen LogP contribution in [0.1, 0.15) is 11.6 Å². The molecule has 1 atom stereocenters. The normalized spacial score (nSPS) is 11.5. The summed E-state index contributed by atoms with van der Waals surface area (Å²) in [6, 6.07) is 7.59. The number of amides is 2. The number of nitrogens with one attached hydrogen (secondary N) is 2. The van der Waals surface area contributed by atoms with E-state index in [0.717, 1.165) is 13.2 Å². The van der Waals surface area contributed by atoms with Gasteiger partial charge in [-0.15, -0.1) is 0 Å². The fourth-order valence-electron chi connectivity index (χ4n) is 1.95. The molecule has 0 bridgehead atoms. The Hall–Kier alpha value is -3.03. The molecule has 24 heavy (non-hydrogen) atoms. The van der Waals surface area contributed by atoms with Gasteiger partial charge in [0, 0.05) is 0 Å². The lowest BCUT2D eigenvalue weighted by Crippen LogP contribution is -2.37. The van der Waals surface area contributed by atoms with Crippen molar-refractivity contribution >= 4 is 17.7 Å². The van der Waals surface area contributed by atoms with Crippen LogP contribution in [-0.4, -0.2) is 19.1 Å². The first-order chi connectivity index (χ1) is 11.4. The van der Waals surface area contributed by atoms with Gasteiger partial charge in [0.25, 0.3) is 0 Å². The first-order valence-electron chi connectivity index (χ1n) is 6.77. The number of benzene rings is 2. The molecule has 0 aliphatic heterocycles. The molecule has 0 aromatic heterocycles. The van der Waals surface area contributed by atoms with E-state index in [9.17, 15) is 22.8 Å². The Bertz CT molecular complexity index is 754. The van der Waals surface area contributed by atoms with E-state index < -0.39 is 41.2 Å². The zero-order chi connectivity index (χ0) is 17.7. The standard InChI is InChI=1S/C16H13F3N2O3/c1-24-15(22)14(9-5-3-2-4-6-9)21-16(23)20-11-8-7-10(17)12(18)13(11)19/h2-8,14H,1H3,(H2,20,21,23). The van der Waals surface area contributed by atoms with Crippen molar-refractivity contribution in [2.24, 2.45) is 0 Å². The molecule has 2 amide bonds. The predicted molar refractivity (Wildman–Crippen MR) is 79.7 cm³/mol. The molecule has 0 aliphatic rings. The largest absolute Gasteiger partial charge is 0.467 e. The van der Waals surface area contributed by atoms with Gasteiger partial charge < -0.3 is 15.4 Å². The maximum atomic E-state index is 13.6. The fraction of sp³-hybridized carbons (Fsp3) is 0.125. The Morgan fingerprint density at radius 1 is 1.00 bits per heavy atom. The first-order valence-corrected chi connectivity index (χ1v) is 6.77. The van der Waals surface area contributed by atoms with Crippen LogP contribution in [0, 0.1) is 17.5 Å². The summed E-state index contributed by atoms with van der Waals surface area (Å²) in [6.45, 7) is 0. The monoisotopic (exact) mass is 338 g/mol. The number of carbonyl (C=O) groups excluding carboxylic acids is 2. The highest BCUT2D eigenvalue weighted by atomic mass is 19.2. The molecule has 2 rings (SSSR count). The van der Waals surface area contributed by atoms with Crippen molar-refractivity contribution in [1.29, 1.82) is 0 Å². The van der Waals surface area contributed by atoms with E-state index in [0.29, 0.717) is 11.6 Å². The second-order valence-corrected chi connectivity index (χ2v) is 4.69. The number of methoxy groups -OCH3 is 1. The van der Waals surface area contributed by atoms with Gasteiger partial charge in [-0.2, -0.15) is 0 Å². The number of hydrogen-bond acceptors (Lipinski definition) is 3. The molecule has 8 heteroatoms. The summed E-state index contributed by atoms with van der Waals surface area (Å²) < 4.78 is 44.2. The molecule has 0 radical (unpaired) electrons. The molecule has 0 heterocycles. The summed E-state index contributed by atoms with van der Waals surface area (Å²) in [4.78, 5) is 23.8. The highest BCUT2D eigenvalue weighted by Crippen LogP contribution is 2.20. The van der Waals surface area contributed by atoms with Crippen molar-refractivity contribution in [3.05, 3.63) is 65.5 Å². The summed E-state index contributed by atoms with van der Waals surface area (Å²) >= 11 is 0. The molecule has 2 N–H and O–H groups in total. The Labute approximate surface area is 135 Å². The Kier molecular flexibility index (Phi) is 5.41. The number of halogens is 3. The highest BCUT2D eigenvalue weighted by Gasteiger charge is 2.24. The summed E-state index contributed by atoms with van der Waals surface area (Å²) in [6.07, 6.45) is 0. The van der Waals surface area contributed by atoms with Crippen LogP contribution in [0.4, 0.5) is 23.7 Å². The summed E-state index contributed by atoms with van der Waals surface area (Å²) in [5.41, 5.74) is -0.131. The lowest BCUT2D eigenvalue weighted by atomic mass is 10.1. The number of rotatable bonds is 4. The van der Waals surface area contributed by atoms with Crippen molar-refractivity contribution in [3.8, 4) is 0 Å². The average Bonchev–Trinajstić information content (AvgIpc) is 2.60. The quantitative estimate of drug-likeness (QED) is 0.665. The van der Waals surface area contributed by atoms with Crippen LogP contribution in [0.15, 0.2) is 42.5 Å². The van der Waals surface area contributed by atoms with E-state index >= 15 is 0 Å². The Morgan fingerprint density at radius 3 is 2.29 bits per heavy atom. The van der Waals surface area contributed by atoms with E-state index in [2.05, 4.69) is 10.1 Å². The van der Waals surface area contributed by atoms with Crippen molar-refractivity contribution < 1.29 is 27.5 Å². The zero-order valence-corrected chi connectivity index (χ0v) is 12.5. The van der Waals surface area contributed by atoms with Gasteiger partial charge in [0.2, 0.25) is 0 Å². The minimum Gasteiger partial charge on any atom is -0.467 e. The predicted octanol–water partition coefficient (Wildman–Crippen LogP) is 3.14. The number of urea groups is 1. The highest BCUT2D eigenvalue weighted by molar-refractivity contribution is 5.93. The van der Waals surface area contributed by atoms with Crippen LogP contribution in [0.25, 0.3) is 0 Å².